The summed E-state index contributed by atoms with van der Waals surface area (Å²) in [5.74, 6) is -0.530. The Balaban J connectivity index is 1.62. The highest BCUT2D eigenvalue weighted by Gasteiger charge is 2.26. The molecular weight excluding hydrogens is 326 g/mol. The summed E-state index contributed by atoms with van der Waals surface area (Å²) in [6, 6.07) is 15.6. The number of benzene rings is 2. The van der Waals surface area contributed by atoms with Gasteiger partial charge in [-0.25, -0.2) is 0 Å². The van der Waals surface area contributed by atoms with Crippen molar-refractivity contribution in [2.75, 3.05) is 18.4 Å². The maximum atomic E-state index is 12.7. The van der Waals surface area contributed by atoms with Crippen molar-refractivity contribution in [1.82, 2.24) is 4.90 Å². The van der Waals surface area contributed by atoms with Gasteiger partial charge in [0, 0.05) is 24.3 Å². The molecule has 26 heavy (non-hydrogen) atoms. The number of nitrogens with one attached hydrogen (secondary N) is 1. The summed E-state index contributed by atoms with van der Waals surface area (Å²) >= 11 is 0. The van der Waals surface area contributed by atoms with Gasteiger partial charge in [-0.15, -0.1) is 0 Å². The van der Waals surface area contributed by atoms with Gasteiger partial charge in [0.25, 0.3) is 0 Å². The van der Waals surface area contributed by atoms with Crippen molar-refractivity contribution in [2.24, 2.45) is 11.7 Å². The predicted molar refractivity (Wildman–Crippen MR) is 103 cm³/mol. The van der Waals surface area contributed by atoms with Gasteiger partial charge in [0.15, 0.2) is 0 Å². The minimum absolute atomic E-state index is 0.00188. The number of nitrogens with zero attached hydrogens (tertiary/aromatic N) is 1. The Morgan fingerprint density at radius 1 is 1.19 bits per heavy atom. The third-order valence-electron chi connectivity index (χ3n) is 4.90. The molecule has 2 aromatic rings. The van der Waals surface area contributed by atoms with E-state index in [0.29, 0.717) is 11.3 Å². The molecule has 3 rings (SSSR count). The van der Waals surface area contributed by atoms with Crippen LogP contribution in [0.2, 0.25) is 0 Å². The fourth-order valence-electron chi connectivity index (χ4n) is 3.46. The normalized spacial score (nSPS) is 17.7. The van der Waals surface area contributed by atoms with Crippen LogP contribution in [0, 0.1) is 12.8 Å². The summed E-state index contributed by atoms with van der Waals surface area (Å²) in [6.07, 6.45) is 1.89. The number of aryl methyl sites for hydroxylation is 1. The molecule has 1 heterocycles. The number of hydrogen-bond donors (Lipinski definition) is 2. The van der Waals surface area contributed by atoms with E-state index < -0.39 is 5.91 Å². The molecule has 136 valence electrons. The van der Waals surface area contributed by atoms with E-state index in [0.717, 1.165) is 38.0 Å². The highest BCUT2D eigenvalue weighted by atomic mass is 16.2. The van der Waals surface area contributed by atoms with Gasteiger partial charge < -0.3 is 11.1 Å². The largest absolute Gasteiger partial charge is 0.366 e. The van der Waals surface area contributed by atoms with Crippen molar-refractivity contribution in [3.63, 3.8) is 0 Å². The van der Waals surface area contributed by atoms with Crippen LogP contribution in [-0.2, 0) is 11.3 Å². The van der Waals surface area contributed by atoms with Gasteiger partial charge >= 0.3 is 0 Å². The summed E-state index contributed by atoms with van der Waals surface area (Å²) in [5, 5.41) is 2.95. The number of amides is 2. The van der Waals surface area contributed by atoms with E-state index in [-0.39, 0.29) is 11.8 Å². The van der Waals surface area contributed by atoms with E-state index in [4.69, 9.17) is 5.73 Å². The third-order valence-corrected chi connectivity index (χ3v) is 4.90. The van der Waals surface area contributed by atoms with Gasteiger partial charge in [-0.2, -0.15) is 0 Å². The van der Waals surface area contributed by atoms with Crippen LogP contribution in [0.4, 0.5) is 5.69 Å². The fourth-order valence-corrected chi connectivity index (χ4v) is 3.46. The number of nitrogens with two attached hydrogens (primary N) is 1. The Morgan fingerprint density at radius 2 is 1.96 bits per heavy atom. The summed E-state index contributed by atoms with van der Waals surface area (Å²) in [5.41, 5.74) is 8.52. The maximum Gasteiger partial charge on any atom is 0.249 e. The molecule has 0 bridgehead atoms. The Kier molecular flexibility index (Phi) is 5.68. The van der Waals surface area contributed by atoms with Crippen LogP contribution in [0.1, 0.15) is 34.3 Å². The zero-order valence-corrected chi connectivity index (χ0v) is 15.1. The smallest absolute Gasteiger partial charge is 0.249 e. The molecule has 2 aromatic carbocycles. The topological polar surface area (TPSA) is 75.4 Å². The van der Waals surface area contributed by atoms with Gasteiger partial charge in [-0.05, 0) is 49.6 Å². The minimum Gasteiger partial charge on any atom is -0.366 e. The van der Waals surface area contributed by atoms with E-state index in [2.05, 4.69) is 22.3 Å². The SMILES string of the molecule is Cc1ccc(NC(=O)C2CCCN(Cc3ccccc3)C2)cc1C(N)=O. The van der Waals surface area contributed by atoms with E-state index >= 15 is 0 Å². The lowest BCUT2D eigenvalue weighted by molar-refractivity contribution is -0.121. The second kappa shape index (κ2) is 8.15. The predicted octanol–water partition coefficient (Wildman–Crippen LogP) is 2.94. The first-order chi connectivity index (χ1) is 12.5. The monoisotopic (exact) mass is 351 g/mol. The quantitative estimate of drug-likeness (QED) is 0.870. The van der Waals surface area contributed by atoms with E-state index in [1.54, 1.807) is 12.1 Å². The molecule has 2 amide bonds. The van der Waals surface area contributed by atoms with Gasteiger partial charge in [0.2, 0.25) is 11.8 Å². The van der Waals surface area contributed by atoms with Crippen molar-refractivity contribution in [3.8, 4) is 0 Å². The summed E-state index contributed by atoms with van der Waals surface area (Å²) in [4.78, 5) is 26.5. The lowest BCUT2D eigenvalue weighted by Gasteiger charge is -2.32. The number of carbonyl (C=O) groups excluding carboxylic acids is 2. The Morgan fingerprint density at radius 3 is 2.69 bits per heavy atom. The molecule has 1 saturated heterocycles. The Labute approximate surface area is 154 Å². The van der Waals surface area contributed by atoms with Crippen LogP contribution in [0.25, 0.3) is 0 Å². The number of primary amides is 1. The van der Waals surface area contributed by atoms with Crippen molar-refractivity contribution < 1.29 is 9.59 Å². The molecule has 1 unspecified atom stereocenters. The Hall–Kier alpha value is -2.66. The van der Waals surface area contributed by atoms with Crippen molar-refractivity contribution in [3.05, 3.63) is 65.2 Å². The van der Waals surface area contributed by atoms with Crippen molar-refractivity contribution in [2.45, 2.75) is 26.3 Å². The fraction of sp³-hybridized carbons (Fsp3) is 0.333. The molecular formula is C21H25N3O2. The average molecular weight is 351 g/mol. The molecule has 1 atom stereocenters. The standard InChI is InChI=1S/C21H25N3O2/c1-15-9-10-18(12-19(15)20(22)25)23-21(26)17-8-5-11-24(14-17)13-16-6-3-2-4-7-16/h2-4,6-7,9-10,12,17H,5,8,11,13-14H2,1H3,(H2,22,25)(H,23,26). The minimum atomic E-state index is -0.481. The number of hydrogen-bond acceptors (Lipinski definition) is 3. The third kappa shape index (κ3) is 4.49. The number of piperidine rings is 1. The highest BCUT2D eigenvalue weighted by Crippen LogP contribution is 2.21. The van der Waals surface area contributed by atoms with E-state index in [9.17, 15) is 9.59 Å². The molecule has 3 N–H and O–H groups in total. The average Bonchev–Trinajstić information content (AvgIpc) is 2.64. The Bertz CT molecular complexity index is 789. The molecule has 5 heteroatoms. The first-order valence-electron chi connectivity index (χ1n) is 9.00. The highest BCUT2D eigenvalue weighted by molar-refractivity contribution is 5.98. The zero-order chi connectivity index (χ0) is 18.5. The van der Waals surface area contributed by atoms with Crippen LogP contribution in [0.5, 0.6) is 0 Å². The summed E-state index contributed by atoms with van der Waals surface area (Å²) in [6.45, 7) is 4.44. The number of rotatable bonds is 5. The molecule has 0 spiro atoms. The van der Waals surface area contributed by atoms with E-state index in [1.807, 2.05) is 31.2 Å². The molecule has 0 saturated carbocycles. The molecule has 0 radical (unpaired) electrons. The molecule has 5 nitrogen and oxygen atoms in total. The summed E-state index contributed by atoms with van der Waals surface area (Å²) in [7, 11) is 0. The number of likely N-dealkylation sites (tertiary alicyclic amines) is 1. The van der Waals surface area contributed by atoms with Gasteiger partial charge in [-0.3, -0.25) is 14.5 Å². The first kappa shape index (κ1) is 18.1. The van der Waals surface area contributed by atoms with Crippen molar-refractivity contribution >= 4 is 17.5 Å². The second-order valence-electron chi connectivity index (χ2n) is 6.94. The maximum absolute atomic E-state index is 12.7. The molecule has 0 aliphatic carbocycles. The lowest BCUT2D eigenvalue weighted by Crippen LogP contribution is -2.40. The number of anilines is 1. The van der Waals surface area contributed by atoms with Crippen LogP contribution in [0.15, 0.2) is 48.5 Å². The number of carbonyl (C=O) groups is 2. The van der Waals surface area contributed by atoms with Crippen LogP contribution >= 0.6 is 0 Å². The van der Waals surface area contributed by atoms with Gasteiger partial charge in [-0.1, -0.05) is 36.4 Å². The molecule has 1 aliphatic rings. The first-order valence-corrected chi connectivity index (χ1v) is 9.00. The molecule has 1 aliphatic heterocycles. The van der Waals surface area contributed by atoms with Crippen LogP contribution in [-0.4, -0.2) is 29.8 Å². The van der Waals surface area contributed by atoms with Gasteiger partial charge in [0.05, 0.1) is 5.92 Å². The molecule has 1 fully saturated rings. The van der Waals surface area contributed by atoms with E-state index in [1.165, 1.54) is 5.56 Å². The van der Waals surface area contributed by atoms with Gasteiger partial charge in [0.1, 0.15) is 0 Å². The van der Waals surface area contributed by atoms with Crippen LogP contribution < -0.4 is 11.1 Å². The second-order valence-corrected chi connectivity index (χ2v) is 6.94. The molecule has 0 aromatic heterocycles. The van der Waals surface area contributed by atoms with Crippen molar-refractivity contribution in [1.29, 1.82) is 0 Å². The van der Waals surface area contributed by atoms with Crippen LogP contribution in [0.3, 0.4) is 0 Å². The zero-order valence-electron chi connectivity index (χ0n) is 15.1. The summed E-state index contributed by atoms with van der Waals surface area (Å²) < 4.78 is 0. The lowest BCUT2D eigenvalue weighted by atomic mass is 9.96.